The van der Waals surface area contributed by atoms with E-state index in [9.17, 15) is 9.36 Å². The Bertz CT molecular complexity index is 148. The predicted octanol–water partition coefficient (Wildman–Crippen LogP) is -0.0104. The zero-order valence-corrected chi connectivity index (χ0v) is 6.58. The van der Waals surface area contributed by atoms with Gasteiger partial charge in [0.15, 0.2) is 6.29 Å². The molecule has 1 atom stereocenters. The Balaban J connectivity index is 4.32. The van der Waals surface area contributed by atoms with Crippen LogP contribution < -0.4 is 0 Å². The normalized spacial score (nSPS) is 14.7. The molecule has 0 radical (unpaired) electrons. The number of carbonyl (C=O) groups is 1. The molecular formula is C4H9O5P. The van der Waals surface area contributed by atoms with E-state index in [-0.39, 0.29) is 6.29 Å². The highest BCUT2D eigenvalue weighted by Gasteiger charge is 2.31. The quantitative estimate of drug-likeness (QED) is 0.472. The molecule has 0 fully saturated rings. The lowest BCUT2D eigenvalue weighted by Gasteiger charge is -2.14. The van der Waals surface area contributed by atoms with Crippen LogP contribution in [-0.2, 0) is 18.4 Å². The fourth-order valence-electron chi connectivity index (χ4n) is 0.365. The van der Waals surface area contributed by atoms with E-state index in [1.807, 2.05) is 0 Å². The van der Waals surface area contributed by atoms with Gasteiger partial charge >= 0.3 is 7.60 Å². The summed E-state index contributed by atoms with van der Waals surface area (Å²) in [5.74, 6) is -1.69. The van der Waals surface area contributed by atoms with Crippen LogP contribution in [0.25, 0.3) is 0 Å². The number of rotatable bonds is 4. The lowest BCUT2D eigenvalue weighted by Crippen LogP contribution is -2.11. The van der Waals surface area contributed by atoms with Gasteiger partial charge in [0.1, 0.15) is 0 Å². The van der Waals surface area contributed by atoms with Crippen LogP contribution in [0.15, 0.2) is 0 Å². The fourth-order valence-corrected chi connectivity index (χ4v) is 1.10. The highest BCUT2D eigenvalue weighted by Crippen LogP contribution is 2.49. The van der Waals surface area contributed by atoms with E-state index < -0.39 is 13.4 Å². The standard InChI is InChI=1S/C4H9O5P/c1-8-10(7,9-2)4(6)3-5/h3-4,6H,1-2H3. The maximum absolute atomic E-state index is 11.0. The molecule has 6 heteroatoms. The minimum absolute atomic E-state index is 0.105. The van der Waals surface area contributed by atoms with Gasteiger partial charge in [-0.1, -0.05) is 0 Å². The van der Waals surface area contributed by atoms with E-state index >= 15 is 0 Å². The van der Waals surface area contributed by atoms with Crippen molar-refractivity contribution in [3.8, 4) is 0 Å². The fraction of sp³-hybridized carbons (Fsp3) is 0.750. The number of aldehydes is 1. The van der Waals surface area contributed by atoms with Crippen LogP contribution in [0.4, 0.5) is 0 Å². The third-order valence-electron chi connectivity index (χ3n) is 0.955. The number of carbonyl (C=O) groups excluding carboxylic acids is 1. The van der Waals surface area contributed by atoms with Gasteiger partial charge in [0.25, 0.3) is 0 Å². The average molecular weight is 168 g/mol. The Morgan fingerprint density at radius 2 is 1.90 bits per heavy atom. The second-order valence-corrected chi connectivity index (χ2v) is 3.79. The first-order valence-electron chi connectivity index (χ1n) is 2.45. The molecule has 1 N–H and O–H groups in total. The van der Waals surface area contributed by atoms with E-state index in [0.29, 0.717) is 0 Å². The molecule has 0 bridgehead atoms. The molecule has 1 unspecified atom stereocenters. The van der Waals surface area contributed by atoms with E-state index in [2.05, 4.69) is 9.05 Å². The summed E-state index contributed by atoms with van der Waals surface area (Å²) >= 11 is 0. The highest BCUT2D eigenvalue weighted by molar-refractivity contribution is 7.55. The molecule has 0 heterocycles. The van der Waals surface area contributed by atoms with Crippen molar-refractivity contribution in [1.29, 1.82) is 0 Å². The molecular weight excluding hydrogens is 159 g/mol. The van der Waals surface area contributed by atoms with Crippen LogP contribution in [0.2, 0.25) is 0 Å². The Labute approximate surface area is 58.5 Å². The van der Waals surface area contributed by atoms with Gasteiger partial charge in [-0.2, -0.15) is 0 Å². The molecule has 0 amide bonds. The van der Waals surface area contributed by atoms with Gasteiger partial charge in [-0.05, 0) is 0 Å². The molecule has 0 aliphatic heterocycles. The number of aliphatic hydroxyl groups is 1. The molecule has 0 aliphatic rings. The van der Waals surface area contributed by atoms with Crippen molar-refractivity contribution in [2.75, 3.05) is 14.2 Å². The number of hydrogen-bond acceptors (Lipinski definition) is 5. The highest BCUT2D eigenvalue weighted by atomic mass is 31.2. The van der Waals surface area contributed by atoms with E-state index in [0.717, 1.165) is 14.2 Å². The Kier molecular flexibility index (Phi) is 3.75. The zero-order valence-electron chi connectivity index (χ0n) is 5.68. The molecule has 5 nitrogen and oxygen atoms in total. The van der Waals surface area contributed by atoms with Crippen LogP contribution in [0.5, 0.6) is 0 Å². The molecule has 0 rings (SSSR count). The number of hydrogen-bond donors (Lipinski definition) is 1. The molecule has 0 spiro atoms. The van der Waals surface area contributed by atoms with Crippen LogP contribution in [0.1, 0.15) is 0 Å². The molecule has 60 valence electrons. The average Bonchev–Trinajstić information content (AvgIpc) is 2.01. The molecule has 10 heavy (non-hydrogen) atoms. The smallest absolute Gasteiger partial charge is 0.365 e. The first-order valence-corrected chi connectivity index (χ1v) is 4.06. The monoisotopic (exact) mass is 168 g/mol. The maximum Gasteiger partial charge on any atom is 0.365 e. The maximum atomic E-state index is 11.0. The first kappa shape index (κ1) is 9.78. The van der Waals surface area contributed by atoms with Gasteiger partial charge in [0.2, 0.25) is 5.85 Å². The lowest BCUT2D eigenvalue weighted by atomic mass is 10.8. The van der Waals surface area contributed by atoms with Gasteiger partial charge in [-0.25, -0.2) is 0 Å². The van der Waals surface area contributed by atoms with Crippen molar-refractivity contribution in [2.24, 2.45) is 0 Å². The van der Waals surface area contributed by atoms with Crippen molar-refractivity contribution in [3.63, 3.8) is 0 Å². The summed E-state index contributed by atoms with van der Waals surface area (Å²) in [6.45, 7) is 0. The summed E-state index contributed by atoms with van der Waals surface area (Å²) in [4.78, 5) is 9.89. The van der Waals surface area contributed by atoms with E-state index in [1.165, 1.54) is 0 Å². The van der Waals surface area contributed by atoms with Crippen LogP contribution in [0.3, 0.4) is 0 Å². The zero-order chi connectivity index (χ0) is 8.20. The molecule has 0 aromatic heterocycles. The largest absolute Gasteiger partial charge is 0.374 e. The predicted molar refractivity (Wildman–Crippen MR) is 33.7 cm³/mol. The lowest BCUT2D eigenvalue weighted by molar-refractivity contribution is -0.112. The van der Waals surface area contributed by atoms with Crippen molar-refractivity contribution in [3.05, 3.63) is 0 Å². The summed E-state index contributed by atoms with van der Waals surface area (Å²) in [6, 6.07) is 0. The van der Waals surface area contributed by atoms with Crippen LogP contribution in [0, 0.1) is 0 Å². The van der Waals surface area contributed by atoms with E-state index in [1.54, 1.807) is 0 Å². The van der Waals surface area contributed by atoms with Gasteiger partial charge in [-0.15, -0.1) is 0 Å². The Morgan fingerprint density at radius 1 is 1.50 bits per heavy atom. The summed E-state index contributed by atoms with van der Waals surface area (Å²) in [5, 5.41) is 8.70. The third-order valence-corrected chi connectivity index (χ3v) is 2.74. The van der Waals surface area contributed by atoms with E-state index in [4.69, 9.17) is 5.11 Å². The minimum atomic E-state index is -3.58. The van der Waals surface area contributed by atoms with Gasteiger partial charge in [-0.3, -0.25) is 9.36 Å². The van der Waals surface area contributed by atoms with Crippen LogP contribution in [-0.4, -0.2) is 31.5 Å². The van der Waals surface area contributed by atoms with Crippen molar-refractivity contribution >= 4 is 13.9 Å². The van der Waals surface area contributed by atoms with Crippen molar-refractivity contribution < 1.29 is 23.5 Å². The molecule has 0 saturated carbocycles. The molecule has 0 aromatic rings. The molecule has 0 aromatic carbocycles. The summed E-state index contributed by atoms with van der Waals surface area (Å²) in [7, 11) is -1.40. The molecule has 0 saturated heterocycles. The van der Waals surface area contributed by atoms with Gasteiger partial charge < -0.3 is 14.2 Å². The third kappa shape index (κ3) is 1.88. The summed E-state index contributed by atoms with van der Waals surface area (Å²) in [5.41, 5.74) is 0. The summed E-state index contributed by atoms with van der Waals surface area (Å²) in [6.07, 6.45) is 0.105. The second-order valence-electron chi connectivity index (χ2n) is 1.45. The Hall–Kier alpha value is -0.220. The SMILES string of the molecule is COP(=O)(OC)C(O)C=O. The topological polar surface area (TPSA) is 72.8 Å². The van der Waals surface area contributed by atoms with Crippen LogP contribution >= 0.6 is 7.60 Å². The van der Waals surface area contributed by atoms with Gasteiger partial charge in [0.05, 0.1) is 0 Å². The van der Waals surface area contributed by atoms with Crippen molar-refractivity contribution in [1.82, 2.24) is 0 Å². The Morgan fingerprint density at radius 3 is 2.00 bits per heavy atom. The van der Waals surface area contributed by atoms with Crippen molar-refractivity contribution in [2.45, 2.75) is 5.85 Å². The summed E-state index contributed by atoms with van der Waals surface area (Å²) < 4.78 is 19.5. The minimum Gasteiger partial charge on any atom is -0.374 e. The molecule has 0 aliphatic carbocycles. The van der Waals surface area contributed by atoms with Gasteiger partial charge in [0, 0.05) is 14.2 Å². The first-order chi connectivity index (χ1) is 4.60. The second kappa shape index (κ2) is 3.83. The number of aliphatic hydroxyl groups excluding tert-OH is 1.